The molecule has 0 saturated heterocycles. The molecule has 6 N–H and O–H groups in total. The van der Waals surface area contributed by atoms with E-state index in [1.807, 2.05) is 27.7 Å². The van der Waals surface area contributed by atoms with E-state index in [0.717, 1.165) is 0 Å². The molecule has 55 heavy (non-hydrogen) atoms. The van der Waals surface area contributed by atoms with Crippen LogP contribution in [-0.2, 0) is 52.5 Å². The fourth-order valence-corrected chi connectivity index (χ4v) is 6.75. The third-order valence-electron chi connectivity index (χ3n) is 9.50. The third-order valence-corrected chi connectivity index (χ3v) is 9.50. The van der Waals surface area contributed by atoms with Gasteiger partial charge in [0.25, 0.3) is 5.91 Å². The molecule has 2 rings (SSSR count). The number of hydrogen-bond acceptors (Lipinski definition) is 12. The lowest BCUT2D eigenvalue weighted by Crippen LogP contribution is -2.63. The minimum atomic E-state index is -2.85. The van der Waals surface area contributed by atoms with Crippen LogP contribution in [0.15, 0.2) is 23.3 Å². The van der Waals surface area contributed by atoms with E-state index in [0.29, 0.717) is 25.7 Å². The summed E-state index contributed by atoms with van der Waals surface area (Å²) in [5, 5.41) is 32.3. The van der Waals surface area contributed by atoms with Crippen molar-refractivity contribution in [2.75, 3.05) is 13.2 Å². The summed E-state index contributed by atoms with van der Waals surface area (Å²) in [7, 11) is 0. The maximum Gasteiger partial charge on any atom is 0.333 e. The van der Waals surface area contributed by atoms with Crippen molar-refractivity contribution in [1.82, 2.24) is 21.3 Å². The van der Waals surface area contributed by atoms with Crippen molar-refractivity contribution >= 4 is 41.5 Å². The Morgan fingerprint density at radius 2 is 1.07 bits per heavy atom. The van der Waals surface area contributed by atoms with E-state index in [2.05, 4.69) is 21.3 Å². The van der Waals surface area contributed by atoms with Gasteiger partial charge < -0.3 is 50.4 Å². The van der Waals surface area contributed by atoms with E-state index < -0.39 is 96.4 Å². The number of rotatable bonds is 21. The maximum atomic E-state index is 14.0. The highest BCUT2D eigenvalue weighted by Crippen LogP contribution is 2.29. The van der Waals surface area contributed by atoms with Crippen LogP contribution in [0.4, 0.5) is 0 Å². The smallest absolute Gasteiger partial charge is 0.333 e. The number of hydrogen-bond donors (Lipinski definition) is 6. The Kier molecular flexibility index (Phi) is 18.9. The van der Waals surface area contributed by atoms with Gasteiger partial charge in [-0.15, -0.1) is 0 Å². The summed E-state index contributed by atoms with van der Waals surface area (Å²) in [5.41, 5.74) is -2.56. The van der Waals surface area contributed by atoms with Crippen molar-refractivity contribution < 1.29 is 62.7 Å². The van der Waals surface area contributed by atoms with Gasteiger partial charge in [-0.25, -0.2) is 9.59 Å². The second-order valence-electron chi connectivity index (χ2n) is 13.8. The highest BCUT2D eigenvalue weighted by molar-refractivity contribution is 5.95. The molecule has 0 unspecified atom stereocenters. The molecule has 0 aromatic carbocycles. The number of carbonyl (C=O) groups is 7. The molecule has 17 heteroatoms. The normalized spacial score (nSPS) is 23.4. The highest BCUT2D eigenvalue weighted by Gasteiger charge is 2.46. The van der Waals surface area contributed by atoms with Gasteiger partial charge in [-0.2, -0.15) is 0 Å². The zero-order valence-electron chi connectivity index (χ0n) is 33.2. The summed E-state index contributed by atoms with van der Waals surface area (Å²) >= 11 is 0. The number of aliphatic hydroxyl groups is 1. The van der Waals surface area contributed by atoms with Gasteiger partial charge in [0.1, 0.15) is 0 Å². The number of carbonyl (C=O) groups excluding carboxylic acids is 6. The lowest BCUT2D eigenvalue weighted by molar-refractivity contribution is -0.156. The molecular weight excluding hydrogens is 720 g/mol. The molecule has 2 aliphatic rings. The largest absolute Gasteiger partial charge is 0.481 e. The molecule has 4 amide bonds. The molecule has 310 valence electrons. The van der Waals surface area contributed by atoms with E-state index in [4.69, 9.17) is 18.9 Å². The van der Waals surface area contributed by atoms with E-state index in [9.17, 15) is 43.8 Å². The average Bonchev–Trinajstić information content (AvgIpc) is 3.10. The SMILES string of the molecule is CCOC(=O)C1=C[C@@H](OC(CC)CC)[C@H](NC(C)=O)[C@@H](NC(=O)C[C@](O)(CC(=O)O)C(=O)N[C@H]2CC(C(=O)OCC)=C[C@@H](OC(CC)CC)[C@@H]2NC(C)=O)C1. The van der Waals surface area contributed by atoms with Crippen LogP contribution in [0.2, 0.25) is 0 Å². The maximum absolute atomic E-state index is 14.0. The van der Waals surface area contributed by atoms with Crippen LogP contribution in [-0.4, -0.2) is 119 Å². The molecule has 2 aliphatic carbocycles. The Labute approximate surface area is 322 Å². The minimum Gasteiger partial charge on any atom is -0.481 e. The van der Waals surface area contributed by atoms with Crippen molar-refractivity contribution in [3.8, 4) is 0 Å². The van der Waals surface area contributed by atoms with Gasteiger partial charge in [0.15, 0.2) is 5.60 Å². The first-order valence-electron chi connectivity index (χ1n) is 19.1. The number of carboxylic acid groups (broad SMARTS) is 1. The second kappa shape index (κ2) is 22.3. The van der Waals surface area contributed by atoms with Crippen LogP contribution in [0.5, 0.6) is 0 Å². The molecule has 17 nitrogen and oxygen atoms in total. The first-order chi connectivity index (χ1) is 25.9. The summed E-state index contributed by atoms with van der Waals surface area (Å²) in [5.74, 6) is -6.14. The Bertz CT molecular complexity index is 1440. The Hall–Kier alpha value is -4.35. The number of esters is 2. The second-order valence-corrected chi connectivity index (χ2v) is 13.8. The van der Waals surface area contributed by atoms with Gasteiger partial charge in [0.05, 0.1) is 74.6 Å². The molecular formula is C38H60N4O13. The molecule has 0 saturated carbocycles. The fraction of sp³-hybridized carbons (Fsp3) is 0.711. The Morgan fingerprint density at radius 3 is 1.42 bits per heavy atom. The van der Waals surface area contributed by atoms with Crippen molar-refractivity contribution in [3.05, 3.63) is 23.3 Å². The average molecular weight is 781 g/mol. The van der Waals surface area contributed by atoms with Gasteiger partial charge in [0.2, 0.25) is 17.7 Å². The standard InChI is InChI=1S/C38H60N4O13/c1-9-25(10-2)54-29-17-23(35(48)52-13-5)15-27(33(29)39-21(7)43)41-31(45)19-38(51,20-32(46)47)37(50)42-28-16-24(36(49)53-14-6)18-30(34(28)40-22(8)44)55-26(11-3)12-4/h17-18,25-30,33-34,51H,9-16,19-20H2,1-8H3,(H,39,43)(H,40,44)(H,41,45)(H,42,50)(H,46,47)/t27-,28-,29+,30+,33+,34+,38-/m0/s1. The molecule has 0 radical (unpaired) electrons. The van der Waals surface area contributed by atoms with Crippen LogP contribution < -0.4 is 21.3 Å². The predicted octanol–water partition coefficient (Wildman–Crippen LogP) is 1.50. The molecule has 0 aromatic heterocycles. The van der Waals surface area contributed by atoms with Crippen LogP contribution >= 0.6 is 0 Å². The van der Waals surface area contributed by atoms with Crippen molar-refractivity contribution in [2.24, 2.45) is 0 Å². The van der Waals surface area contributed by atoms with Gasteiger partial charge in [-0.1, -0.05) is 27.7 Å². The number of nitrogens with one attached hydrogen (secondary N) is 4. The zero-order valence-corrected chi connectivity index (χ0v) is 33.2. The lowest BCUT2D eigenvalue weighted by Gasteiger charge is -2.40. The molecule has 0 aromatic rings. The van der Waals surface area contributed by atoms with Gasteiger partial charge in [-0.05, 0) is 51.7 Å². The van der Waals surface area contributed by atoms with Gasteiger partial charge in [-0.3, -0.25) is 24.0 Å². The summed E-state index contributed by atoms with van der Waals surface area (Å²) < 4.78 is 22.9. The molecule has 0 bridgehead atoms. The molecule has 7 atom stereocenters. The van der Waals surface area contributed by atoms with Crippen LogP contribution in [0, 0.1) is 0 Å². The molecule has 0 aliphatic heterocycles. The first kappa shape index (κ1) is 46.8. The summed E-state index contributed by atoms with van der Waals surface area (Å²) in [6.45, 7) is 13.5. The quantitative estimate of drug-likeness (QED) is 0.0906. The first-order valence-corrected chi connectivity index (χ1v) is 19.1. The number of amides is 4. The van der Waals surface area contributed by atoms with Crippen molar-refractivity contribution in [3.63, 3.8) is 0 Å². The zero-order chi connectivity index (χ0) is 41.5. The van der Waals surface area contributed by atoms with Crippen LogP contribution in [0.3, 0.4) is 0 Å². The van der Waals surface area contributed by atoms with E-state index in [-0.39, 0.29) is 49.4 Å². The predicted molar refractivity (Wildman–Crippen MR) is 198 cm³/mol. The van der Waals surface area contributed by atoms with Crippen molar-refractivity contribution in [1.29, 1.82) is 0 Å². The lowest BCUT2D eigenvalue weighted by atomic mass is 9.85. The van der Waals surface area contributed by atoms with Crippen molar-refractivity contribution in [2.45, 2.75) is 161 Å². The molecule has 0 fully saturated rings. The number of ether oxygens (including phenoxy) is 4. The molecule has 0 heterocycles. The number of aliphatic carboxylic acids is 1. The highest BCUT2D eigenvalue weighted by atomic mass is 16.5. The third kappa shape index (κ3) is 14.0. The Balaban J connectivity index is 2.50. The Morgan fingerprint density at radius 1 is 0.673 bits per heavy atom. The van der Waals surface area contributed by atoms with Crippen LogP contribution in [0.1, 0.15) is 107 Å². The summed E-state index contributed by atoms with van der Waals surface area (Å²) in [4.78, 5) is 90.4. The van der Waals surface area contributed by atoms with E-state index in [1.165, 1.54) is 19.9 Å². The van der Waals surface area contributed by atoms with Gasteiger partial charge >= 0.3 is 17.9 Å². The van der Waals surface area contributed by atoms with E-state index >= 15 is 0 Å². The summed E-state index contributed by atoms with van der Waals surface area (Å²) in [6, 6.07) is -4.00. The van der Waals surface area contributed by atoms with E-state index in [1.54, 1.807) is 19.9 Å². The molecule has 0 spiro atoms. The topological polar surface area (TPSA) is 245 Å². The van der Waals surface area contributed by atoms with Gasteiger partial charge in [0, 0.05) is 37.8 Å². The van der Waals surface area contributed by atoms with Crippen LogP contribution in [0.25, 0.3) is 0 Å². The fourth-order valence-electron chi connectivity index (χ4n) is 6.75. The monoisotopic (exact) mass is 780 g/mol. The number of carboxylic acids is 1. The minimum absolute atomic E-state index is 0.0549. The summed E-state index contributed by atoms with van der Waals surface area (Å²) in [6.07, 6.45) is 0.540.